The van der Waals surface area contributed by atoms with E-state index < -0.39 is 0 Å². The summed E-state index contributed by atoms with van der Waals surface area (Å²) in [6, 6.07) is 11.2. The molecule has 0 bridgehead atoms. The van der Waals surface area contributed by atoms with Gasteiger partial charge in [0.05, 0.1) is 11.0 Å². The van der Waals surface area contributed by atoms with Crippen LogP contribution in [0.15, 0.2) is 48.8 Å². The van der Waals surface area contributed by atoms with Crippen molar-refractivity contribution in [2.24, 2.45) is 0 Å². The monoisotopic (exact) mass is 294 g/mol. The smallest absolute Gasteiger partial charge is 0.258 e. The molecule has 0 aliphatic rings. The van der Waals surface area contributed by atoms with Crippen molar-refractivity contribution >= 4 is 22.9 Å². The third-order valence-corrected chi connectivity index (χ3v) is 3.40. The number of nitrogens with one attached hydrogen (secondary N) is 1. The van der Waals surface area contributed by atoms with Crippen LogP contribution in [0.1, 0.15) is 31.1 Å². The second-order valence-corrected chi connectivity index (χ2v) is 6.12. The summed E-state index contributed by atoms with van der Waals surface area (Å²) in [5.74, 6) is 0.360. The maximum Gasteiger partial charge on any atom is 0.258 e. The predicted octanol–water partition coefficient (Wildman–Crippen LogP) is 3.44. The molecule has 112 valence electrons. The average molecular weight is 294 g/mol. The molecule has 5 heteroatoms. The summed E-state index contributed by atoms with van der Waals surface area (Å²) in [4.78, 5) is 20.9. The Morgan fingerprint density at radius 1 is 1.09 bits per heavy atom. The Kier molecular flexibility index (Phi) is 3.41. The molecule has 2 aromatic heterocycles. The molecule has 1 aromatic carbocycles. The number of benzene rings is 1. The zero-order chi connectivity index (χ0) is 15.7. The van der Waals surface area contributed by atoms with E-state index >= 15 is 0 Å². The van der Waals surface area contributed by atoms with E-state index in [-0.39, 0.29) is 11.4 Å². The summed E-state index contributed by atoms with van der Waals surface area (Å²) in [6.07, 6.45) is 3.20. The Bertz CT molecular complexity index is 816. The number of hydrogen-bond acceptors (Lipinski definition) is 3. The fourth-order valence-corrected chi connectivity index (χ4v) is 2.47. The molecule has 3 aromatic rings. The van der Waals surface area contributed by atoms with Gasteiger partial charge in [0, 0.05) is 23.5 Å². The van der Waals surface area contributed by atoms with Crippen LogP contribution >= 0.6 is 0 Å². The molecule has 0 aliphatic carbocycles. The van der Waals surface area contributed by atoms with E-state index in [0.29, 0.717) is 11.5 Å². The molecule has 1 amide bonds. The van der Waals surface area contributed by atoms with Crippen LogP contribution in [0, 0.1) is 0 Å². The predicted molar refractivity (Wildman–Crippen MR) is 86.9 cm³/mol. The number of carbonyl (C=O) groups is 1. The van der Waals surface area contributed by atoms with Crippen LogP contribution in [0.5, 0.6) is 0 Å². The van der Waals surface area contributed by atoms with Crippen LogP contribution in [0.25, 0.3) is 11.0 Å². The third kappa shape index (κ3) is 2.57. The van der Waals surface area contributed by atoms with Gasteiger partial charge in [0.1, 0.15) is 0 Å². The van der Waals surface area contributed by atoms with E-state index in [2.05, 4.69) is 36.1 Å². The Morgan fingerprint density at radius 2 is 1.77 bits per heavy atom. The highest BCUT2D eigenvalue weighted by Gasteiger charge is 2.22. The van der Waals surface area contributed by atoms with Crippen LogP contribution in [-0.4, -0.2) is 20.4 Å². The first-order valence-corrected chi connectivity index (χ1v) is 7.16. The number of aromatic nitrogens is 3. The van der Waals surface area contributed by atoms with Crippen molar-refractivity contribution in [2.75, 3.05) is 5.32 Å². The molecule has 22 heavy (non-hydrogen) atoms. The number of rotatable bonds is 2. The van der Waals surface area contributed by atoms with Crippen molar-refractivity contribution in [3.8, 4) is 0 Å². The number of anilines is 1. The van der Waals surface area contributed by atoms with Crippen molar-refractivity contribution in [1.29, 1.82) is 0 Å². The van der Waals surface area contributed by atoms with Gasteiger partial charge in [-0.3, -0.25) is 15.1 Å². The lowest BCUT2D eigenvalue weighted by atomic mass is 10.1. The van der Waals surface area contributed by atoms with Gasteiger partial charge in [-0.25, -0.2) is 4.98 Å². The van der Waals surface area contributed by atoms with Gasteiger partial charge < -0.3 is 4.57 Å². The summed E-state index contributed by atoms with van der Waals surface area (Å²) in [6.45, 7) is 6.26. The third-order valence-electron chi connectivity index (χ3n) is 3.40. The lowest BCUT2D eigenvalue weighted by molar-refractivity contribution is 0.102. The highest BCUT2D eigenvalue weighted by Crippen LogP contribution is 2.28. The van der Waals surface area contributed by atoms with Crippen molar-refractivity contribution in [3.63, 3.8) is 0 Å². The molecule has 1 N–H and O–H groups in total. The van der Waals surface area contributed by atoms with E-state index in [0.717, 1.165) is 11.0 Å². The maximum absolute atomic E-state index is 12.4. The second-order valence-electron chi connectivity index (χ2n) is 6.12. The summed E-state index contributed by atoms with van der Waals surface area (Å²) >= 11 is 0. The molecule has 0 saturated carbocycles. The van der Waals surface area contributed by atoms with Crippen molar-refractivity contribution < 1.29 is 4.79 Å². The van der Waals surface area contributed by atoms with Gasteiger partial charge in [-0.05, 0) is 45.0 Å². The first-order valence-electron chi connectivity index (χ1n) is 7.16. The van der Waals surface area contributed by atoms with Gasteiger partial charge in [-0.1, -0.05) is 12.1 Å². The zero-order valence-electron chi connectivity index (χ0n) is 12.9. The summed E-state index contributed by atoms with van der Waals surface area (Å²) in [5.41, 5.74) is 2.22. The maximum atomic E-state index is 12.4. The summed E-state index contributed by atoms with van der Waals surface area (Å²) in [5, 5.41) is 2.91. The highest BCUT2D eigenvalue weighted by atomic mass is 16.1. The SMILES string of the molecule is CC(C)(C)n1c(NC(=O)c2ccncc2)nc2ccccc21. The Labute approximate surface area is 129 Å². The number of para-hydroxylation sites is 2. The van der Waals surface area contributed by atoms with Crippen LogP contribution in [0.3, 0.4) is 0 Å². The van der Waals surface area contributed by atoms with Crippen LogP contribution < -0.4 is 5.32 Å². The van der Waals surface area contributed by atoms with E-state index in [9.17, 15) is 4.79 Å². The molecule has 0 radical (unpaired) electrons. The average Bonchev–Trinajstić information content (AvgIpc) is 2.85. The first kappa shape index (κ1) is 14.3. The van der Waals surface area contributed by atoms with Gasteiger partial charge in [-0.2, -0.15) is 0 Å². The highest BCUT2D eigenvalue weighted by molar-refractivity contribution is 6.04. The summed E-state index contributed by atoms with van der Waals surface area (Å²) in [7, 11) is 0. The van der Waals surface area contributed by atoms with Gasteiger partial charge in [0.15, 0.2) is 0 Å². The standard InChI is InChI=1S/C17H18N4O/c1-17(2,3)21-14-7-5-4-6-13(14)19-16(21)20-15(22)12-8-10-18-11-9-12/h4-11H,1-3H3,(H,19,20,22). The minimum absolute atomic E-state index is 0.191. The number of pyridine rings is 1. The zero-order valence-corrected chi connectivity index (χ0v) is 12.9. The Hall–Kier alpha value is -2.69. The largest absolute Gasteiger partial charge is 0.305 e. The number of nitrogens with zero attached hydrogens (tertiary/aromatic N) is 3. The minimum atomic E-state index is -0.197. The number of imidazole rings is 1. The fraction of sp³-hybridized carbons (Fsp3) is 0.235. The van der Waals surface area contributed by atoms with Gasteiger partial charge in [-0.15, -0.1) is 0 Å². The molecular formula is C17H18N4O. The molecule has 0 spiro atoms. The first-order chi connectivity index (χ1) is 10.5. The van der Waals surface area contributed by atoms with E-state index in [4.69, 9.17) is 0 Å². The van der Waals surface area contributed by atoms with E-state index in [1.54, 1.807) is 24.5 Å². The lowest BCUT2D eigenvalue weighted by Gasteiger charge is -2.24. The lowest BCUT2D eigenvalue weighted by Crippen LogP contribution is -2.25. The van der Waals surface area contributed by atoms with Crippen molar-refractivity contribution in [1.82, 2.24) is 14.5 Å². The van der Waals surface area contributed by atoms with Crippen LogP contribution in [0.2, 0.25) is 0 Å². The van der Waals surface area contributed by atoms with Gasteiger partial charge >= 0.3 is 0 Å². The molecule has 3 rings (SSSR count). The molecular weight excluding hydrogens is 276 g/mol. The molecule has 2 heterocycles. The number of fused-ring (bicyclic) bond motifs is 1. The molecule has 0 aliphatic heterocycles. The Morgan fingerprint density at radius 3 is 2.45 bits per heavy atom. The fourth-order valence-electron chi connectivity index (χ4n) is 2.47. The molecule has 0 unspecified atom stereocenters. The molecule has 5 nitrogen and oxygen atoms in total. The van der Waals surface area contributed by atoms with Crippen LogP contribution in [0.4, 0.5) is 5.95 Å². The van der Waals surface area contributed by atoms with Gasteiger partial charge in [0.2, 0.25) is 5.95 Å². The van der Waals surface area contributed by atoms with Crippen molar-refractivity contribution in [2.45, 2.75) is 26.3 Å². The minimum Gasteiger partial charge on any atom is -0.305 e. The summed E-state index contributed by atoms with van der Waals surface area (Å²) < 4.78 is 2.04. The van der Waals surface area contributed by atoms with Crippen molar-refractivity contribution in [3.05, 3.63) is 54.4 Å². The normalized spacial score (nSPS) is 11.6. The van der Waals surface area contributed by atoms with Gasteiger partial charge in [0.25, 0.3) is 5.91 Å². The Balaban J connectivity index is 2.05. The number of hydrogen-bond donors (Lipinski definition) is 1. The molecule has 0 fully saturated rings. The van der Waals surface area contributed by atoms with E-state index in [1.807, 2.05) is 28.8 Å². The molecule has 0 saturated heterocycles. The molecule has 0 atom stereocenters. The number of carbonyl (C=O) groups excluding carboxylic acids is 1. The number of amides is 1. The quantitative estimate of drug-likeness (QED) is 0.787. The van der Waals surface area contributed by atoms with E-state index in [1.165, 1.54) is 0 Å². The topological polar surface area (TPSA) is 59.8 Å². The second kappa shape index (κ2) is 5.26. The van der Waals surface area contributed by atoms with Crippen LogP contribution in [-0.2, 0) is 5.54 Å².